The Bertz CT molecular complexity index is 944. The van der Waals surface area contributed by atoms with Crippen LogP contribution in [0.1, 0.15) is 0 Å². The van der Waals surface area contributed by atoms with Gasteiger partial charge < -0.3 is 4.74 Å². The Morgan fingerprint density at radius 3 is 1.90 bits per heavy atom. The molecule has 0 bridgehead atoms. The van der Waals surface area contributed by atoms with Crippen molar-refractivity contribution in [2.45, 2.75) is 20.2 Å². The van der Waals surface area contributed by atoms with Gasteiger partial charge in [0.1, 0.15) is 41.7 Å². The normalized spacial score (nSPS) is 29.7. The summed E-state index contributed by atoms with van der Waals surface area (Å²) in [6, 6.07) is 15.0. The van der Waals surface area contributed by atoms with Crippen LogP contribution in [0.3, 0.4) is 0 Å². The fourth-order valence-corrected chi connectivity index (χ4v) is 9.16. The van der Waals surface area contributed by atoms with Gasteiger partial charge in [0, 0.05) is 0 Å². The highest BCUT2D eigenvalue weighted by atomic mass is 35.5. The van der Waals surface area contributed by atoms with E-state index in [1.165, 1.54) is 43.2 Å². The van der Waals surface area contributed by atoms with Crippen molar-refractivity contribution in [2.75, 3.05) is 0 Å². The summed E-state index contributed by atoms with van der Waals surface area (Å²) in [4.78, 5) is 9.22. The number of ether oxygens (including phenoxy) is 1. The van der Waals surface area contributed by atoms with Crippen molar-refractivity contribution in [1.82, 2.24) is 0 Å². The van der Waals surface area contributed by atoms with E-state index >= 15 is 0 Å². The van der Waals surface area contributed by atoms with Crippen molar-refractivity contribution in [3.05, 3.63) is 48.5 Å². The van der Waals surface area contributed by atoms with E-state index in [9.17, 15) is 0 Å². The highest BCUT2D eigenvalue weighted by Gasteiger charge is 2.32. The zero-order valence-corrected chi connectivity index (χ0v) is 20.7. The van der Waals surface area contributed by atoms with Crippen LogP contribution in [0.25, 0.3) is 0 Å². The van der Waals surface area contributed by atoms with Crippen molar-refractivity contribution in [1.29, 1.82) is 0 Å². The number of hydrogen-bond acceptors (Lipinski definition) is 7. The quantitative estimate of drug-likeness (QED) is 0.285. The van der Waals surface area contributed by atoms with Gasteiger partial charge in [0.2, 0.25) is 0 Å². The minimum absolute atomic E-state index is 0.167. The number of hydrogen-bond donors (Lipinski definition) is 0. The van der Waals surface area contributed by atoms with Crippen LogP contribution in [0.15, 0.2) is 58.5 Å². The number of halogens is 4. The molecule has 29 heavy (non-hydrogen) atoms. The highest BCUT2D eigenvalue weighted by molar-refractivity contribution is 8.84. The SMILES string of the molecule is ClC1SSC(=Nc2ccc(Oc3ccccc3N=C3SSC(Cl)C3Cl)cc2)C1Cl. The van der Waals surface area contributed by atoms with Gasteiger partial charge in [0.25, 0.3) is 0 Å². The van der Waals surface area contributed by atoms with E-state index < -0.39 is 0 Å². The summed E-state index contributed by atoms with van der Waals surface area (Å²) < 4.78 is 5.68. The maximum atomic E-state index is 6.32. The van der Waals surface area contributed by atoms with Gasteiger partial charge in [-0.1, -0.05) is 33.7 Å². The number of alkyl halides is 4. The molecule has 0 N–H and O–H groups in total. The summed E-state index contributed by atoms with van der Waals surface area (Å²) in [7, 11) is 6.02. The molecule has 2 aromatic carbocycles. The molecule has 0 aromatic heterocycles. The fraction of sp³-hybridized carbons (Fsp3) is 0.222. The van der Waals surface area contributed by atoms with Gasteiger partial charge in [0.15, 0.2) is 5.75 Å². The van der Waals surface area contributed by atoms with Crippen LogP contribution in [0.5, 0.6) is 11.5 Å². The third kappa shape index (κ3) is 5.50. The van der Waals surface area contributed by atoms with Crippen LogP contribution in [0.2, 0.25) is 0 Å². The summed E-state index contributed by atoms with van der Waals surface area (Å²) in [5.41, 5.74) is 1.50. The van der Waals surface area contributed by atoms with E-state index in [2.05, 4.69) is 9.98 Å². The Labute approximate surface area is 204 Å². The largest absolute Gasteiger partial charge is 0.455 e. The monoisotopic (exact) mass is 540 g/mol. The lowest BCUT2D eigenvalue weighted by molar-refractivity contribution is 0.484. The average molecular weight is 542 g/mol. The Morgan fingerprint density at radius 1 is 0.724 bits per heavy atom. The molecule has 0 radical (unpaired) electrons. The second kappa shape index (κ2) is 10.2. The second-order valence-electron chi connectivity index (χ2n) is 5.83. The lowest BCUT2D eigenvalue weighted by Gasteiger charge is -2.10. The number of rotatable bonds is 4. The summed E-state index contributed by atoms with van der Waals surface area (Å²) in [5.74, 6) is 1.32. The minimum Gasteiger partial charge on any atom is -0.455 e. The van der Waals surface area contributed by atoms with Crippen molar-refractivity contribution < 1.29 is 4.74 Å². The van der Waals surface area contributed by atoms with Gasteiger partial charge in [-0.3, -0.25) is 0 Å². The maximum absolute atomic E-state index is 6.32. The Morgan fingerprint density at radius 2 is 1.31 bits per heavy atom. The molecule has 4 atom stereocenters. The summed E-state index contributed by atoms with van der Waals surface area (Å²) >= 11 is 24.8. The molecule has 11 heteroatoms. The molecule has 2 aliphatic rings. The third-order valence-electron chi connectivity index (χ3n) is 3.78. The minimum atomic E-state index is -0.317. The molecule has 2 saturated heterocycles. The first-order valence-electron chi connectivity index (χ1n) is 8.28. The fourth-order valence-electron chi connectivity index (χ4n) is 2.36. The molecule has 0 spiro atoms. The van der Waals surface area contributed by atoms with E-state index in [1.54, 1.807) is 0 Å². The average Bonchev–Trinajstić information content (AvgIpc) is 3.21. The molecular formula is C18H12Cl4N2OS4. The van der Waals surface area contributed by atoms with Crippen LogP contribution in [0.4, 0.5) is 11.4 Å². The van der Waals surface area contributed by atoms with Crippen molar-refractivity contribution in [3.8, 4) is 11.5 Å². The summed E-state index contributed by atoms with van der Waals surface area (Å²) in [6.45, 7) is 0. The van der Waals surface area contributed by atoms with Gasteiger partial charge in [-0.15, -0.1) is 46.4 Å². The van der Waals surface area contributed by atoms with Gasteiger partial charge in [-0.05, 0) is 58.0 Å². The Kier molecular flexibility index (Phi) is 7.84. The molecule has 4 unspecified atom stereocenters. The lowest BCUT2D eigenvalue weighted by Crippen LogP contribution is -2.12. The smallest absolute Gasteiger partial charge is 0.153 e. The number of nitrogens with zero attached hydrogens (tertiary/aromatic N) is 2. The van der Waals surface area contributed by atoms with Gasteiger partial charge in [-0.2, -0.15) is 0 Å². The molecule has 3 nitrogen and oxygen atoms in total. The molecular weight excluding hydrogens is 530 g/mol. The van der Waals surface area contributed by atoms with E-state index in [-0.39, 0.29) is 20.2 Å². The van der Waals surface area contributed by atoms with Crippen LogP contribution in [-0.4, -0.2) is 30.3 Å². The van der Waals surface area contributed by atoms with Gasteiger partial charge in [0.05, 0.1) is 5.69 Å². The molecule has 2 heterocycles. The van der Waals surface area contributed by atoms with Crippen LogP contribution in [-0.2, 0) is 0 Å². The van der Waals surface area contributed by atoms with E-state index in [0.717, 1.165) is 15.8 Å². The first kappa shape index (κ1) is 22.3. The van der Waals surface area contributed by atoms with Crippen molar-refractivity contribution >= 4 is 111 Å². The molecule has 0 aliphatic carbocycles. The van der Waals surface area contributed by atoms with Crippen molar-refractivity contribution in [3.63, 3.8) is 0 Å². The molecule has 0 saturated carbocycles. The summed E-state index contributed by atoms with van der Waals surface area (Å²) in [6.07, 6.45) is 0. The Hall–Kier alpha value is 0.140. The molecule has 2 fully saturated rings. The molecule has 2 aliphatic heterocycles. The zero-order chi connectivity index (χ0) is 20.4. The predicted molar refractivity (Wildman–Crippen MR) is 136 cm³/mol. The van der Waals surface area contributed by atoms with E-state index in [1.807, 2.05) is 48.5 Å². The molecule has 152 valence electrons. The third-order valence-corrected chi connectivity index (χ3v) is 12.2. The van der Waals surface area contributed by atoms with Crippen LogP contribution < -0.4 is 4.74 Å². The molecule has 4 rings (SSSR count). The lowest BCUT2D eigenvalue weighted by atomic mass is 10.2. The topological polar surface area (TPSA) is 34.0 Å². The molecule has 2 aromatic rings. The maximum Gasteiger partial charge on any atom is 0.153 e. The van der Waals surface area contributed by atoms with Gasteiger partial charge in [-0.25, -0.2) is 9.98 Å². The standard InChI is InChI=1S/C18H12Cl4N2OS4/c19-13-15(21)26-28-17(13)23-9-5-7-10(8-6-9)25-12-4-2-1-3-11(12)24-18-14(20)16(22)27-29-18/h1-8,13-16H. The van der Waals surface area contributed by atoms with Crippen LogP contribution in [0, 0.1) is 0 Å². The van der Waals surface area contributed by atoms with E-state index in [4.69, 9.17) is 51.1 Å². The first-order valence-corrected chi connectivity index (χ1v) is 14.5. The summed E-state index contributed by atoms with van der Waals surface area (Å²) in [5, 5.41) is 0.993. The first-order chi connectivity index (χ1) is 14.0. The van der Waals surface area contributed by atoms with Crippen LogP contribution >= 0.6 is 89.6 Å². The second-order valence-corrected chi connectivity index (χ2v) is 13.0. The van der Waals surface area contributed by atoms with Gasteiger partial charge >= 0.3 is 0 Å². The number of aliphatic imine (C=N–C) groups is 2. The predicted octanol–water partition coefficient (Wildman–Crippen LogP) is 8.67. The number of benzene rings is 2. The number of para-hydroxylation sites is 2. The zero-order valence-electron chi connectivity index (χ0n) is 14.4. The molecule has 0 amide bonds. The highest BCUT2D eigenvalue weighted by Crippen LogP contribution is 2.47. The van der Waals surface area contributed by atoms with E-state index in [0.29, 0.717) is 17.2 Å². The van der Waals surface area contributed by atoms with Crippen molar-refractivity contribution in [2.24, 2.45) is 9.98 Å². The Balaban J connectivity index is 1.50.